The number of likely N-dealkylation sites (N-methyl/N-ethyl adjacent to an activating group) is 1. The maximum atomic E-state index is 12.2. The summed E-state index contributed by atoms with van der Waals surface area (Å²) in [6, 6.07) is -0.385. The molecule has 0 aromatic carbocycles. The summed E-state index contributed by atoms with van der Waals surface area (Å²) in [5.41, 5.74) is -0.783. The van der Waals surface area contributed by atoms with E-state index in [1.807, 2.05) is 0 Å². The van der Waals surface area contributed by atoms with Crippen molar-refractivity contribution in [2.75, 3.05) is 20.3 Å². The molecule has 5 heteroatoms. The SMILES string of the molecule is C=CC[C@]1(C(=O)OCC)CC[C@@H](C(=O)OCC)N1C. The van der Waals surface area contributed by atoms with Crippen molar-refractivity contribution in [3.8, 4) is 0 Å². The van der Waals surface area contributed by atoms with E-state index in [-0.39, 0.29) is 18.0 Å². The van der Waals surface area contributed by atoms with Gasteiger partial charge < -0.3 is 9.47 Å². The summed E-state index contributed by atoms with van der Waals surface area (Å²) in [5, 5.41) is 0. The molecule has 2 atom stereocenters. The van der Waals surface area contributed by atoms with E-state index in [9.17, 15) is 9.59 Å². The second kappa shape index (κ2) is 6.70. The minimum atomic E-state index is -0.783. The Hall–Kier alpha value is -1.36. The van der Waals surface area contributed by atoms with Crippen molar-refractivity contribution in [3.63, 3.8) is 0 Å². The molecular weight excluding hydrogens is 246 g/mol. The van der Waals surface area contributed by atoms with Crippen molar-refractivity contribution in [3.05, 3.63) is 12.7 Å². The van der Waals surface area contributed by atoms with Crippen molar-refractivity contribution < 1.29 is 19.1 Å². The van der Waals surface area contributed by atoms with Crippen LogP contribution in [0.15, 0.2) is 12.7 Å². The second-order valence-electron chi connectivity index (χ2n) is 4.66. The van der Waals surface area contributed by atoms with Gasteiger partial charge in [-0.15, -0.1) is 6.58 Å². The molecule has 1 rings (SSSR count). The Balaban J connectivity index is 2.92. The largest absolute Gasteiger partial charge is 0.465 e. The first-order chi connectivity index (χ1) is 9.03. The number of hydrogen-bond donors (Lipinski definition) is 0. The molecule has 1 fully saturated rings. The molecule has 1 aliphatic heterocycles. The van der Waals surface area contributed by atoms with Crippen LogP contribution in [0.4, 0.5) is 0 Å². The summed E-state index contributed by atoms with van der Waals surface area (Å²) in [6.07, 6.45) is 3.35. The third-order valence-electron chi connectivity index (χ3n) is 3.67. The van der Waals surface area contributed by atoms with Gasteiger partial charge in [-0.05, 0) is 40.2 Å². The highest BCUT2D eigenvalue weighted by atomic mass is 16.5. The Morgan fingerprint density at radius 3 is 2.53 bits per heavy atom. The molecule has 1 saturated heterocycles. The molecule has 0 radical (unpaired) electrons. The van der Waals surface area contributed by atoms with E-state index < -0.39 is 5.54 Å². The maximum absolute atomic E-state index is 12.2. The molecular formula is C14H23NO4. The quantitative estimate of drug-likeness (QED) is 0.540. The van der Waals surface area contributed by atoms with Crippen molar-refractivity contribution in [1.29, 1.82) is 0 Å². The molecule has 108 valence electrons. The highest BCUT2D eigenvalue weighted by Gasteiger charge is 2.52. The molecule has 1 heterocycles. The van der Waals surface area contributed by atoms with Gasteiger partial charge in [-0.1, -0.05) is 6.08 Å². The molecule has 0 spiro atoms. The van der Waals surface area contributed by atoms with E-state index in [0.29, 0.717) is 32.5 Å². The van der Waals surface area contributed by atoms with Gasteiger partial charge in [0.15, 0.2) is 0 Å². The highest BCUT2D eigenvalue weighted by Crippen LogP contribution is 2.37. The molecule has 5 nitrogen and oxygen atoms in total. The van der Waals surface area contributed by atoms with Gasteiger partial charge in [-0.25, -0.2) is 0 Å². The molecule has 0 aromatic rings. The Kier molecular flexibility index (Phi) is 5.54. The van der Waals surface area contributed by atoms with E-state index in [1.54, 1.807) is 31.9 Å². The zero-order valence-electron chi connectivity index (χ0n) is 12.0. The fourth-order valence-corrected chi connectivity index (χ4v) is 2.64. The van der Waals surface area contributed by atoms with Crippen LogP contribution in [-0.4, -0.2) is 48.7 Å². The molecule has 0 aliphatic carbocycles. The number of esters is 2. The van der Waals surface area contributed by atoms with Crippen LogP contribution in [0, 0.1) is 0 Å². The fourth-order valence-electron chi connectivity index (χ4n) is 2.64. The Labute approximate surface area is 114 Å². The van der Waals surface area contributed by atoms with Crippen molar-refractivity contribution in [2.45, 2.75) is 44.7 Å². The predicted molar refractivity (Wildman–Crippen MR) is 71.6 cm³/mol. The number of ether oxygens (including phenoxy) is 2. The molecule has 1 aliphatic rings. The molecule has 0 amide bonds. The molecule has 0 unspecified atom stereocenters. The summed E-state index contributed by atoms with van der Waals surface area (Å²) in [5.74, 6) is -0.565. The summed E-state index contributed by atoms with van der Waals surface area (Å²) in [7, 11) is 1.77. The lowest BCUT2D eigenvalue weighted by Crippen LogP contribution is -2.53. The van der Waals surface area contributed by atoms with Gasteiger partial charge in [0.25, 0.3) is 0 Å². The first kappa shape index (κ1) is 15.7. The second-order valence-corrected chi connectivity index (χ2v) is 4.66. The van der Waals surface area contributed by atoms with E-state index >= 15 is 0 Å². The summed E-state index contributed by atoms with van der Waals surface area (Å²) < 4.78 is 10.2. The van der Waals surface area contributed by atoms with Crippen LogP contribution < -0.4 is 0 Å². The lowest BCUT2D eigenvalue weighted by Gasteiger charge is -2.34. The van der Waals surface area contributed by atoms with Crippen LogP contribution >= 0.6 is 0 Å². The van der Waals surface area contributed by atoms with E-state index in [4.69, 9.17) is 9.47 Å². The average Bonchev–Trinajstić information content (AvgIpc) is 2.69. The van der Waals surface area contributed by atoms with Crippen LogP contribution in [0.3, 0.4) is 0 Å². The van der Waals surface area contributed by atoms with Gasteiger partial charge in [0.2, 0.25) is 0 Å². The highest BCUT2D eigenvalue weighted by molar-refractivity contribution is 5.85. The van der Waals surface area contributed by atoms with Gasteiger partial charge in [0.1, 0.15) is 11.6 Å². The van der Waals surface area contributed by atoms with Crippen LogP contribution in [0.5, 0.6) is 0 Å². The van der Waals surface area contributed by atoms with Crippen LogP contribution in [0.1, 0.15) is 33.1 Å². The lowest BCUT2D eigenvalue weighted by molar-refractivity contribution is -0.159. The predicted octanol–water partition coefficient (Wildman–Crippen LogP) is 1.52. The molecule has 0 aromatic heterocycles. The molecule has 0 N–H and O–H groups in total. The van der Waals surface area contributed by atoms with Gasteiger partial charge in [0.05, 0.1) is 13.2 Å². The van der Waals surface area contributed by atoms with Crippen molar-refractivity contribution >= 4 is 11.9 Å². The lowest BCUT2D eigenvalue weighted by atomic mass is 9.92. The number of rotatable bonds is 6. The fraction of sp³-hybridized carbons (Fsp3) is 0.714. The minimum Gasteiger partial charge on any atom is -0.465 e. The number of carbonyl (C=O) groups is 2. The molecule has 0 bridgehead atoms. The topological polar surface area (TPSA) is 55.8 Å². The first-order valence-electron chi connectivity index (χ1n) is 6.71. The zero-order chi connectivity index (χ0) is 14.5. The third-order valence-corrected chi connectivity index (χ3v) is 3.67. The Morgan fingerprint density at radius 2 is 2.00 bits per heavy atom. The van der Waals surface area contributed by atoms with Gasteiger partial charge >= 0.3 is 11.9 Å². The standard InChI is InChI=1S/C14H23NO4/c1-5-9-14(13(17)19-7-3)10-8-11(15(14)4)12(16)18-6-2/h5,11H,1,6-10H2,2-4H3/t11-,14+/m0/s1. The van der Waals surface area contributed by atoms with Gasteiger partial charge in [0, 0.05) is 0 Å². The van der Waals surface area contributed by atoms with Crippen LogP contribution in [0.2, 0.25) is 0 Å². The maximum Gasteiger partial charge on any atom is 0.326 e. The number of likely N-dealkylation sites (tertiary alicyclic amines) is 1. The molecule has 0 saturated carbocycles. The normalized spacial score (nSPS) is 27.0. The van der Waals surface area contributed by atoms with Crippen molar-refractivity contribution in [1.82, 2.24) is 4.90 Å². The number of carbonyl (C=O) groups excluding carboxylic acids is 2. The summed E-state index contributed by atoms with van der Waals surface area (Å²) in [4.78, 5) is 25.9. The van der Waals surface area contributed by atoms with Crippen LogP contribution in [0.25, 0.3) is 0 Å². The minimum absolute atomic E-state index is 0.278. The Bertz CT molecular complexity index is 355. The van der Waals surface area contributed by atoms with E-state index in [1.165, 1.54) is 0 Å². The number of hydrogen-bond acceptors (Lipinski definition) is 5. The first-order valence-corrected chi connectivity index (χ1v) is 6.71. The smallest absolute Gasteiger partial charge is 0.326 e. The van der Waals surface area contributed by atoms with Crippen molar-refractivity contribution in [2.24, 2.45) is 0 Å². The monoisotopic (exact) mass is 269 g/mol. The van der Waals surface area contributed by atoms with Crippen LogP contribution in [-0.2, 0) is 19.1 Å². The zero-order valence-corrected chi connectivity index (χ0v) is 12.0. The summed E-state index contributed by atoms with van der Waals surface area (Å²) >= 11 is 0. The van der Waals surface area contributed by atoms with Gasteiger partial charge in [-0.2, -0.15) is 0 Å². The van der Waals surface area contributed by atoms with E-state index in [0.717, 1.165) is 0 Å². The number of nitrogens with zero attached hydrogens (tertiary/aromatic N) is 1. The Morgan fingerprint density at radius 1 is 1.37 bits per heavy atom. The van der Waals surface area contributed by atoms with E-state index in [2.05, 4.69) is 6.58 Å². The third kappa shape index (κ3) is 2.97. The van der Waals surface area contributed by atoms with Gasteiger partial charge in [-0.3, -0.25) is 14.5 Å². The average molecular weight is 269 g/mol. The molecule has 19 heavy (non-hydrogen) atoms. The summed E-state index contributed by atoms with van der Waals surface area (Å²) in [6.45, 7) is 7.92.